The Balaban J connectivity index is 2.01. The molecule has 1 aromatic carbocycles. The van der Waals surface area contributed by atoms with Crippen LogP contribution in [0.3, 0.4) is 0 Å². The van der Waals surface area contributed by atoms with E-state index in [-0.39, 0.29) is 16.9 Å². The monoisotopic (exact) mass is 262 g/mol. The zero-order valence-corrected chi connectivity index (χ0v) is 10.5. The smallest absolute Gasteiger partial charge is 0.188 e. The van der Waals surface area contributed by atoms with Crippen molar-refractivity contribution in [1.82, 2.24) is 10.2 Å². The first-order chi connectivity index (χ1) is 8.66. The first-order valence-corrected chi connectivity index (χ1v) is 5.84. The Morgan fingerprint density at radius 1 is 1.28 bits per heavy atom. The molecular formula is C13H13ClN3O. The summed E-state index contributed by atoms with van der Waals surface area (Å²) in [4.78, 5) is 0. The van der Waals surface area contributed by atoms with Gasteiger partial charge in [-0.15, -0.1) is 10.2 Å². The standard InChI is InChI=1S/C13H13ClN3O/c1-9(10-5-3-2-4-6-10)8-18-11-7-12(14)16-17-13(11)15/h2-7,9H,1,8H2,(H2,15,17). The highest BCUT2D eigenvalue weighted by Gasteiger charge is 2.09. The van der Waals surface area contributed by atoms with Gasteiger partial charge in [0.05, 0.1) is 6.61 Å². The Hall–Kier alpha value is -1.81. The molecule has 2 N–H and O–H groups in total. The first kappa shape index (κ1) is 12.6. The minimum atomic E-state index is 0.0116. The van der Waals surface area contributed by atoms with E-state index in [1.54, 1.807) is 6.07 Å². The molecule has 0 fully saturated rings. The molecule has 1 aromatic heterocycles. The van der Waals surface area contributed by atoms with Crippen LogP contribution < -0.4 is 10.5 Å². The molecule has 5 heteroatoms. The molecule has 1 atom stereocenters. The van der Waals surface area contributed by atoms with E-state index in [4.69, 9.17) is 22.1 Å². The van der Waals surface area contributed by atoms with Gasteiger partial charge in [-0.25, -0.2) is 0 Å². The zero-order chi connectivity index (χ0) is 13.0. The molecule has 4 nitrogen and oxygen atoms in total. The first-order valence-electron chi connectivity index (χ1n) is 5.46. The summed E-state index contributed by atoms with van der Waals surface area (Å²) < 4.78 is 5.56. The number of aromatic nitrogens is 2. The van der Waals surface area contributed by atoms with Gasteiger partial charge < -0.3 is 10.5 Å². The Morgan fingerprint density at radius 2 is 2.00 bits per heavy atom. The Morgan fingerprint density at radius 3 is 2.72 bits per heavy atom. The summed E-state index contributed by atoms with van der Waals surface area (Å²) in [5.74, 6) is 0.664. The van der Waals surface area contributed by atoms with Crippen molar-refractivity contribution in [2.24, 2.45) is 0 Å². The molecule has 1 radical (unpaired) electrons. The van der Waals surface area contributed by atoms with Crippen molar-refractivity contribution in [2.45, 2.75) is 5.92 Å². The molecule has 0 bridgehead atoms. The highest BCUT2D eigenvalue weighted by atomic mass is 35.5. The molecule has 0 saturated carbocycles. The molecule has 0 amide bonds. The summed E-state index contributed by atoms with van der Waals surface area (Å²) >= 11 is 5.72. The number of hydrogen-bond acceptors (Lipinski definition) is 4. The highest BCUT2D eigenvalue weighted by molar-refractivity contribution is 6.29. The maximum absolute atomic E-state index is 5.72. The predicted octanol–water partition coefficient (Wildman–Crippen LogP) is 2.71. The third-order valence-electron chi connectivity index (χ3n) is 2.47. The third kappa shape index (κ3) is 3.11. The van der Waals surface area contributed by atoms with E-state index in [2.05, 4.69) is 17.1 Å². The van der Waals surface area contributed by atoms with Crippen LogP contribution in [0.15, 0.2) is 36.4 Å². The van der Waals surface area contributed by atoms with Crippen LogP contribution in [-0.2, 0) is 0 Å². The Labute approximate surface area is 111 Å². The number of anilines is 1. The minimum Gasteiger partial charge on any atom is -0.489 e. The number of ether oxygens (including phenoxy) is 1. The number of nitrogens with zero attached hydrogens (tertiary/aromatic N) is 2. The summed E-state index contributed by atoms with van der Waals surface area (Å²) in [5.41, 5.74) is 6.74. The lowest BCUT2D eigenvalue weighted by atomic mass is 10.0. The van der Waals surface area contributed by atoms with Crippen LogP contribution in [0.4, 0.5) is 5.82 Å². The lowest BCUT2D eigenvalue weighted by Gasteiger charge is -2.13. The second-order valence-electron chi connectivity index (χ2n) is 3.84. The topological polar surface area (TPSA) is 61.0 Å². The largest absolute Gasteiger partial charge is 0.489 e. The van der Waals surface area contributed by atoms with Crippen molar-refractivity contribution in [2.75, 3.05) is 12.3 Å². The summed E-state index contributed by atoms with van der Waals surface area (Å²) in [7, 11) is 0. The molecule has 1 unspecified atom stereocenters. The molecular weight excluding hydrogens is 250 g/mol. The van der Waals surface area contributed by atoms with Gasteiger partial charge in [-0.1, -0.05) is 41.9 Å². The van der Waals surface area contributed by atoms with E-state index in [1.807, 2.05) is 30.3 Å². The Bertz CT molecular complexity index is 519. The van der Waals surface area contributed by atoms with Gasteiger partial charge in [0.15, 0.2) is 16.7 Å². The van der Waals surface area contributed by atoms with Gasteiger partial charge in [-0.2, -0.15) is 0 Å². The van der Waals surface area contributed by atoms with Gasteiger partial charge in [0, 0.05) is 12.0 Å². The lowest BCUT2D eigenvalue weighted by Crippen LogP contribution is -2.09. The van der Waals surface area contributed by atoms with Gasteiger partial charge in [0.2, 0.25) is 0 Å². The fourth-order valence-electron chi connectivity index (χ4n) is 1.49. The van der Waals surface area contributed by atoms with E-state index in [9.17, 15) is 0 Å². The van der Waals surface area contributed by atoms with Crippen molar-refractivity contribution in [3.63, 3.8) is 0 Å². The fourth-order valence-corrected chi connectivity index (χ4v) is 1.63. The SMILES string of the molecule is [CH2]C(COc1cc(Cl)nnc1N)c1ccccc1. The van der Waals surface area contributed by atoms with Crippen molar-refractivity contribution >= 4 is 17.4 Å². The predicted molar refractivity (Wildman–Crippen MR) is 71.5 cm³/mol. The van der Waals surface area contributed by atoms with Crippen molar-refractivity contribution in [1.29, 1.82) is 0 Å². The van der Waals surface area contributed by atoms with Crippen molar-refractivity contribution in [3.05, 3.63) is 54.0 Å². The molecule has 0 aliphatic rings. The number of hydrogen-bond donors (Lipinski definition) is 1. The molecule has 0 aliphatic carbocycles. The fraction of sp³-hybridized carbons (Fsp3) is 0.154. The van der Waals surface area contributed by atoms with Crippen LogP contribution in [-0.4, -0.2) is 16.8 Å². The van der Waals surface area contributed by atoms with Crippen LogP contribution in [0, 0.1) is 6.92 Å². The lowest BCUT2D eigenvalue weighted by molar-refractivity contribution is 0.305. The van der Waals surface area contributed by atoms with E-state index in [1.165, 1.54) is 0 Å². The van der Waals surface area contributed by atoms with Crippen LogP contribution in [0.2, 0.25) is 5.15 Å². The summed E-state index contributed by atoms with van der Waals surface area (Å²) in [6, 6.07) is 11.4. The second-order valence-corrected chi connectivity index (χ2v) is 4.22. The van der Waals surface area contributed by atoms with E-state index in [0.29, 0.717) is 12.4 Å². The molecule has 1 heterocycles. The van der Waals surface area contributed by atoms with E-state index < -0.39 is 0 Å². The van der Waals surface area contributed by atoms with Crippen molar-refractivity contribution < 1.29 is 4.74 Å². The molecule has 0 saturated heterocycles. The van der Waals surface area contributed by atoms with Crippen molar-refractivity contribution in [3.8, 4) is 5.75 Å². The maximum atomic E-state index is 5.72. The normalized spacial score (nSPS) is 12.1. The van der Waals surface area contributed by atoms with Crippen LogP contribution in [0.1, 0.15) is 11.5 Å². The van der Waals surface area contributed by atoms with Gasteiger partial charge in [-0.3, -0.25) is 0 Å². The highest BCUT2D eigenvalue weighted by Crippen LogP contribution is 2.23. The summed E-state index contributed by atoms with van der Waals surface area (Å²) in [6.45, 7) is 4.44. The van der Waals surface area contributed by atoms with Crippen LogP contribution in [0.5, 0.6) is 5.75 Å². The van der Waals surface area contributed by atoms with E-state index >= 15 is 0 Å². The molecule has 93 valence electrons. The third-order valence-corrected chi connectivity index (χ3v) is 2.65. The van der Waals surface area contributed by atoms with E-state index in [0.717, 1.165) is 5.56 Å². The maximum Gasteiger partial charge on any atom is 0.188 e. The van der Waals surface area contributed by atoms with Gasteiger partial charge in [-0.05, 0) is 12.5 Å². The van der Waals surface area contributed by atoms with Crippen LogP contribution >= 0.6 is 11.6 Å². The quantitative estimate of drug-likeness (QED) is 0.920. The average Bonchev–Trinajstić information content (AvgIpc) is 2.40. The summed E-state index contributed by atoms with van der Waals surface area (Å²) in [5, 5.41) is 7.55. The molecule has 18 heavy (non-hydrogen) atoms. The zero-order valence-electron chi connectivity index (χ0n) is 9.71. The number of halogens is 1. The minimum absolute atomic E-state index is 0.0116. The number of rotatable bonds is 4. The Kier molecular flexibility index (Phi) is 3.99. The number of nitrogen functional groups attached to an aromatic ring is 1. The van der Waals surface area contributed by atoms with Gasteiger partial charge in [0.25, 0.3) is 0 Å². The molecule has 2 aromatic rings. The number of nitrogens with two attached hydrogens (primary N) is 1. The second kappa shape index (κ2) is 5.69. The van der Waals surface area contributed by atoms with Gasteiger partial charge in [0.1, 0.15) is 0 Å². The van der Waals surface area contributed by atoms with Gasteiger partial charge >= 0.3 is 0 Å². The average molecular weight is 263 g/mol. The summed E-state index contributed by atoms with van der Waals surface area (Å²) in [6.07, 6.45) is 0. The molecule has 0 spiro atoms. The van der Waals surface area contributed by atoms with Crippen LogP contribution in [0.25, 0.3) is 0 Å². The molecule has 2 rings (SSSR count). The molecule has 0 aliphatic heterocycles. The number of benzene rings is 1.